The number of aliphatic imine (C=N–C) groups is 1. The van der Waals surface area contributed by atoms with Crippen molar-refractivity contribution in [1.82, 2.24) is 15.4 Å². The zero-order valence-corrected chi connectivity index (χ0v) is 20.9. The van der Waals surface area contributed by atoms with Crippen molar-refractivity contribution in [3.8, 4) is 11.5 Å². The van der Waals surface area contributed by atoms with Crippen LogP contribution in [0.25, 0.3) is 0 Å². The van der Waals surface area contributed by atoms with E-state index in [0.717, 1.165) is 61.3 Å². The van der Waals surface area contributed by atoms with Crippen LogP contribution in [0.4, 0.5) is 0 Å². The van der Waals surface area contributed by atoms with Gasteiger partial charge < -0.3 is 24.2 Å². The maximum absolute atomic E-state index is 5.53. The van der Waals surface area contributed by atoms with Crippen molar-refractivity contribution in [2.45, 2.75) is 52.1 Å². The van der Waals surface area contributed by atoms with E-state index in [1.165, 1.54) is 11.1 Å². The standard InChI is InChI=1S/C22H32N4O3.HI/c1-6-15(7-2)19-12-18(29-25-19)13-24-22(23-3)26-9-8-16-10-20(27-4)21(28-5)11-17(16)14-26;/h10-12,15H,6-9,13-14H2,1-5H3,(H,23,24);1H. The number of hydrogen-bond acceptors (Lipinski definition) is 5. The van der Waals surface area contributed by atoms with Crippen LogP contribution in [0.15, 0.2) is 27.7 Å². The molecule has 1 aromatic carbocycles. The summed E-state index contributed by atoms with van der Waals surface area (Å²) >= 11 is 0. The third-order valence-corrected chi connectivity index (χ3v) is 5.63. The van der Waals surface area contributed by atoms with Crippen LogP contribution in [0.3, 0.4) is 0 Å². The summed E-state index contributed by atoms with van der Waals surface area (Å²) in [4.78, 5) is 6.71. The lowest BCUT2D eigenvalue weighted by molar-refractivity contribution is 0.343. The molecule has 166 valence electrons. The molecule has 8 heteroatoms. The molecule has 0 fully saturated rings. The van der Waals surface area contributed by atoms with Crippen LogP contribution in [0.2, 0.25) is 0 Å². The lowest BCUT2D eigenvalue weighted by atomic mass is 9.99. The highest BCUT2D eigenvalue weighted by Gasteiger charge is 2.22. The van der Waals surface area contributed by atoms with Crippen molar-refractivity contribution in [3.05, 3.63) is 40.8 Å². The largest absolute Gasteiger partial charge is 0.493 e. The topological polar surface area (TPSA) is 72.1 Å². The van der Waals surface area contributed by atoms with E-state index >= 15 is 0 Å². The lowest BCUT2D eigenvalue weighted by Crippen LogP contribution is -2.43. The first-order valence-corrected chi connectivity index (χ1v) is 10.3. The number of hydrogen-bond donors (Lipinski definition) is 1. The van der Waals surface area contributed by atoms with Crippen LogP contribution in [0, 0.1) is 0 Å². The van der Waals surface area contributed by atoms with E-state index < -0.39 is 0 Å². The van der Waals surface area contributed by atoms with Crippen LogP contribution in [-0.4, -0.2) is 43.8 Å². The molecule has 0 atom stereocenters. The molecule has 0 saturated carbocycles. The second kappa shape index (κ2) is 11.4. The van der Waals surface area contributed by atoms with Gasteiger partial charge in [0.25, 0.3) is 0 Å². The Hall–Kier alpha value is -1.97. The Morgan fingerprint density at radius 1 is 1.17 bits per heavy atom. The summed E-state index contributed by atoms with van der Waals surface area (Å²) in [6, 6.07) is 6.20. The van der Waals surface area contributed by atoms with Crippen molar-refractivity contribution < 1.29 is 14.0 Å². The number of guanidine groups is 1. The fourth-order valence-electron chi connectivity index (χ4n) is 3.87. The zero-order chi connectivity index (χ0) is 20.8. The molecule has 0 spiro atoms. The highest BCUT2D eigenvalue weighted by atomic mass is 127. The Morgan fingerprint density at radius 2 is 1.83 bits per heavy atom. The Morgan fingerprint density at radius 3 is 2.43 bits per heavy atom. The van der Waals surface area contributed by atoms with Gasteiger partial charge in [-0.25, -0.2) is 0 Å². The van der Waals surface area contributed by atoms with Crippen molar-refractivity contribution >= 4 is 29.9 Å². The minimum atomic E-state index is 0. The molecule has 0 unspecified atom stereocenters. The molecular formula is C22H33IN4O3. The summed E-state index contributed by atoms with van der Waals surface area (Å²) in [6.07, 6.45) is 3.07. The molecule has 2 heterocycles. The van der Waals surface area contributed by atoms with E-state index in [1.807, 2.05) is 7.05 Å². The molecule has 7 nitrogen and oxygen atoms in total. The van der Waals surface area contributed by atoms with Gasteiger partial charge in [0, 0.05) is 32.1 Å². The van der Waals surface area contributed by atoms with Gasteiger partial charge >= 0.3 is 0 Å². The number of methoxy groups -OCH3 is 2. The number of nitrogens with one attached hydrogen (secondary N) is 1. The molecule has 30 heavy (non-hydrogen) atoms. The molecular weight excluding hydrogens is 495 g/mol. The minimum absolute atomic E-state index is 0. The van der Waals surface area contributed by atoms with Crippen molar-refractivity contribution in [2.24, 2.45) is 4.99 Å². The van der Waals surface area contributed by atoms with Crippen LogP contribution in [-0.2, 0) is 19.5 Å². The van der Waals surface area contributed by atoms with Gasteiger partial charge in [-0.05, 0) is 42.5 Å². The molecule has 0 amide bonds. The zero-order valence-electron chi connectivity index (χ0n) is 18.5. The first kappa shape index (κ1) is 24.3. The molecule has 1 aliphatic heterocycles. The summed E-state index contributed by atoms with van der Waals surface area (Å²) in [5.41, 5.74) is 3.56. The molecule has 1 N–H and O–H groups in total. The van der Waals surface area contributed by atoms with Crippen molar-refractivity contribution in [2.75, 3.05) is 27.8 Å². The number of halogens is 1. The van der Waals surface area contributed by atoms with Gasteiger partial charge in [-0.2, -0.15) is 0 Å². The molecule has 0 radical (unpaired) electrons. The summed E-state index contributed by atoms with van der Waals surface area (Å²) in [7, 11) is 5.14. The van der Waals surface area contributed by atoms with Crippen LogP contribution in [0.1, 0.15) is 55.2 Å². The first-order valence-electron chi connectivity index (χ1n) is 10.3. The number of aromatic nitrogens is 1. The molecule has 0 bridgehead atoms. The van der Waals surface area contributed by atoms with Gasteiger partial charge in [0.2, 0.25) is 0 Å². The molecule has 1 aliphatic rings. The number of nitrogens with zero attached hydrogens (tertiary/aromatic N) is 3. The van der Waals surface area contributed by atoms with Gasteiger partial charge in [-0.1, -0.05) is 19.0 Å². The summed E-state index contributed by atoms with van der Waals surface area (Å²) in [6.45, 7) is 6.58. The first-order chi connectivity index (χ1) is 14.1. The minimum Gasteiger partial charge on any atom is -0.493 e. The average Bonchev–Trinajstić information content (AvgIpc) is 3.22. The maximum atomic E-state index is 5.53. The predicted octanol–water partition coefficient (Wildman–Crippen LogP) is 4.35. The fourth-order valence-corrected chi connectivity index (χ4v) is 3.87. The second-order valence-corrected chi connectivity index (χ2v) is 7.28. The highest BCUT2D eigenvalue weighted by Crippen LogP contribution is 2.33. The third kappa shape index (κ3) is 5.39. The molecule has 0 saturated heterocycles. The summed E-state index contributed by atoms with van der Waals surface area (Å²) in [5.74, 6) is 3.67. The number of benzene rings is 1. The predicted molar refractivity (Wildman–Crippen MR) is 129 cm³/mol. The van der Waals surface area contributed by atoms with E-state index in [0.29, 0.717) is 12.5 Å². The Bertz CT molecular complexity index is 849. The highest BCUT2D eigenvalue weighted by molar-refractivity contribution is 14.0. The molecule has 0 aliphatic carbocycles. The number of ether oxygens (including phenoxy) is 2. The van der Waals surface area contributed by atoms with E-state index in [4.69, 9.17) is 14.0 Å². The van der Waals surface area contributed by atoms with Crippen molar-refractivity contribution in [1.29, 1.82) is 0 Å². The van der Waals surface area contributed by atoms with Crippen LogP contribution in [0.5, 0.6) is 11.5 Å². The van der Waals surface area contributed by atoms with Gasteiger partial charge in [0.1, 0.15) is 0 Å². The quantitative estimate of drug-likeness (QED) is 0.328. The van der Waals surface area contributed by atoms with Gasteiger partial charge in [-0.3, -0.25) is 4.99 Å². The molecule has 1 aromatic heterocycles. The average molecular weight is 528 g/mol. The Kier molecular flexibility index (Phi) is 9.26. The SMILES string of the molecule is CCC(CC)c1cc(CNC(=NC)N2CCc3cc(OC)c(OC)cc3C2)on1.I. The maximum Gasteiger partial charge on any atom is 0.194 e. The van der Waals surface area contributed by atoms with Gasteiger partial charge in [-0.15, -0.1) is 24.0 Å². The van der Waals surface area contributed by atoms with E-state index in [-0.39, 0.29) is 24.0 Å². The van der Waals surface area contributed by atoms with E-state index in [1.54, 1.807) is 14.2 Å². The van der Waals surface area contributed by atoms with Gasteiger partial charge in [0.15, 0.2) is 23.2 Å². The summed E-state index contributed by atoms with van der Waals surface area (Å²) in [5, 5.41) is 7.66. The number of fused-ring (bicyclic) bond motifs is 1. The van der Waals surface area contributed by atoms with Crippen LogP contribution >= 0.6 is 24.0 Å². The monoisotopic (exact) mass is 528 g/mol. The third-order valence-electron chi connectivity index (χ3n) is 5.63. The number of rotatable bonds is 7. The van der Waals surface area contributed by atoms with E-state index in [9.17, 15) is 0 Å². The van der Waals surface area contributed by atoms with Crippen molar-refractivity contribution in [3.63, 3.8) is 0 Å². The fraction of sp³-hybridized carbons (Fsp3) is 0.545. The van der Waals surface area contributed by atoms with E-state index in [2.05, 4.69) is 52.4 Å². The summed E-state index contributed by atoms with van der Waals surface area (Å²) < 4.78 is 16.4. The molecule has 2 aromatic rings. The second-order valence-electron chi connectivity index (χ2n) is 7.28. The molecule has 3 rings (SSSR count). The van der Waals surface area contributed by atoms with Crippen LogP contribution < -0.4 is 14.8 Å². The van der Waals surface area contributed by atoms with Gasteiger partial charge in [0.05, 0.1) is 26.5 Å². The Labute approximate surface area is 196 Å². The lowest BCUT2D eigenvalue weighted by Gasteiger charge is -2.32. The smallest absolute Gasteiger partial charge is 0.194 e. The normalized spacial score (nSPS) is 13.7. The Balaban J connectivity index is 0.00000320.